The first-order valence-corrected chi connectivity index (χ1v) is 8.10. The first-order chi connectivity index (χ1) is 9.65. The molecule has 0 radical (unpaired) electrons. The van der Waals surface area contributed by atoms with Crippen LogP contribution in [0.4, 0.5) is 0 Å². The molecule has 0 spiro atoms. The Kier molecular flexibility index (Phi) is 5.47. The van der Waals surface area contributed by atoms with Gasteiger partial charge < -0.3 is 10.1 Å². The van der Waals surface area contributed by atoms with E-state index in [2.05, 4.69) is 44.3 Å². The fraction of sp³-hybridized carbons (Fsp3) is 0.667. The SMILES string of the molecule is CCC1(CNCc2ccccc2OC(C)C)CCCC1. The number of nitrogens with one attached hydrogen (secondary N) is 1. The molecule has 1 aliphatic carbocycles. The summed E-state index contributed by atoms with van der Waals surface area (Å²) in [7, 11) is 0. The highest BCUT2D eigenvalue weighted by Crippen LogP contribution is 2.40. The van der Waals surface area contributed by atoms with Crippen LogP contribution in [0, 0.1) is 5.41 Å². The third-order valence-corrected chi connectivity index (χ3v) is 4.56. The van der Waals surface area contributed by atoms with E-state index in [0.717, 1.165) is 18.8 Å². The lowest BCUT2D eigenvalue weighted by atomic mass is 9.83. The van der Waals surface area contributed by atoms with Gasteiger partial charge in [0.2, 0.25) is 0 Å². The maximum absolute atomic E-state index is 5.88. The Bertz CT molecular complexity index is 408. The van der Waals surface area contributed by atoms with Gasteiger partial charge in [-0.1, -0.05) is 38.0 Å². The van der Waals surface area contributed by atoms with Gasteiger partial charge in [0.1, 0.15) is 5.75 Å². The first kappa shape index (κ1) is 15.4. The van der Waals surface area contributed by atoms with Crippen molar-refractivity contribution >= 4 is 0 Å². The van der Waals surface area contributed by atoms with E-state index in [4.69, 9.17) is 4.74 Å². The van der Waals surface area contributed by atoms with Crippen molar-refractivity contribution < 1.29 is 4.74 Å². The molecule has 0 unspecified atom stereocenters. The molecule has 1 fully saturated rings. The Morgan fingerprint density at radius 1 is 1.20 bits per heavy atom. The summed E-state index contributed by atoms with van der Waals surface area (Å²) in [6, 6.07) is 8.38. The van der Waals surface area contributed by atoms with Crippen molar-refractivity contribution in [2.24, 2.45) is 5.41 Å². The fourth-order valence-corrected chi connectivity index (χ4v) is 3.26. The molecule has 0 atom stereocenters. The Balaban J connectivity index is 1.90. The van der Waals surface area contributed by atoms with E-state index >= 15 is 0 Å². The monoisotopic (exact) mass is 275 g/mol. The standard InChI is InChI=1S/C18H29NO/c1-4-18(11-7-8-12-18)14-19-13-16-9-5-6-10-17(16)20-15(2)3/h5-6,9-10,15,19H,4,7-8,11-14H2,1-3H3. The molecule has 1 aromatic carbocycles. The van der Waals surface area contributed by atoms with Crippen LogP contribution in [0.25, 0.3) is 0 Å². The van der Waals surface area contributed by atoms with E-state index < -0.39 is 0 Å². The van der Waals surface area contributed by atoms with Crippen LogP contribution in [-0.4, -0.2) is 12.6 Å². The summed E-state index contributed by atoms with van der Waals surface area (Å²) in [6.45, 7) is 8.54. The lowest BCUT2D eigenvalue weighted by Crippen LogP contribution is -2.31. The van der Waals surface area contributed by atoms with Crippen molar-refractivity contribution in [3.8, 4) is 5.75 Å². The lowest BCUT2D eigenvalue weighted by Gasteiger charge is -2.28. The Hall–Kier alpha value is -1.02. The second kappa shape index (κ2) is 7.12. The number of hydrogen-bond acceptors (Lipinski definition) is 2. The molecule has 112 valence electrons. The third kappa shape index (κ3) is 3.99. The predicted octanol–water partition coefficient (Wildman–Crippen LogP) is 4.53. The van der Waals surface area contributed by atoms with Gasteiger partial charge in [0.25, 0.3) is 0 Å². The normalized spacial score (nSPS) is 17.6. The zero-order chi connectivity index (χ0) is 14.4. The molecule has 0 aliphatic heterocycles. The minimum Gasteiger partial charge on any atom is -0.491 e. The van der Waals surface area contributed by atoms with Crippen LogP contribution in [0.2, 0.25) is 0 Å². The quantitative estimate of drug-likeness (QED) is 0.789. The summed E-state index contributed by atoms with van der Waals surface area (Å²) in [5.41, 5.74) is 1.82. The highest BCUT2D eigenvalue weighted by Gasteiger charge is 2.31. The second-order valence-electron chi connectivity index (χ2n) is 6.44. The predicted molar refractivity (Wildman–Crippen MR) is 85.1 cm³/mol. The highest BCUT2D eigenvalue weighted by atomic mass is 16.5. The molecule has 0 heterocycles. The second-order valence-corrected chi connectivity index (χ2v) is 6.44. The summed E-state index contributed by atoms with van der Waals surface area (Å²) >= 11 is 0. The molecule has 20 heavy (non-hydrogen) atoms. The van der Waals surface area contributed by atoms with E-state index in [9.17, 15) is 0 Å². The summed E-state index contributed by atoms with van der Waals surface area (Å²) in [6.07, 6.45) is 7.12. The number of hydrogen-bond donors (Lipinski definition) is 1. The molecular formula is C18H29NO. The molecule has 1 saturated carbocycles. The molecule has 2 nitrogen and oxygen atoms in total. The Labute approximate surface area is 123 Å². The minimum absolute atomic E-state index is 0.230. The summed E-state index contributed by atoms with van der Waals surface area (Å²) in [5.74, 6) is 1.02. The van der Waals surface area contributed by atoms with Crippen LogP contribution in [0.15, 0.2) is 24.3 Å². The van der Waals surface area contributed by atoms with Gasteiger partial charge in [0.05, 0.1) is 6.10 Å². The van der Waals surface area contributed by atoms with Crippen molar-refractivity contribution in [1.82, 2.24) is 5.32 Å². The Morgan fingerprint density at radius 3 is 2.55 bits per heavy atom. The number of benzene rings is 1. The third-order valence-electron chi connectivity index (χ3n) is 4.56. The highest BCUT2D eigenvalue weighted by molar-refractivity contribution is 5.33. The van der Waals surface area contributed by atoms with E-state index in [1.54, 1.807) is 0 Å². The number of para-hydroxylation sites is 1. The van der Waals surface area contributed by atoms with E-state index in [1.165, 1.54) is 37.7 Å². The summed E-state index contributed by atoms with van der Waals surface area (Å²) in [4.78, 5) is 0. The molecule has 1 aliphatic rings. The van der Waals surface area contributed by atoms with E-state index in [1.807, 2.05) is 6.07 Å². The molecule has 1 aromatic rings. The largest absolute Gasteiger partial charge is 0.491 e. The number of ether oxygens (including phenoxy) is 1. The van der Waals surface area contributed by atoms with Gasteiger partial charge in [-0.25, -0.2) is 0 Å². The van der Waals surface area contributed by atoms with Crippen molar-refractivity contribution in [2.45, 2.75) is 65.5 Å². The van der Waals surface area contributed by atoms with E-state index in [0.29, 0.717) is 5.41 Å². The van der Waals surface area contributed by atoms with Gasteiger partial charge in [-0.2, -0.15) is 0 Å². The number of rotatable bonds is 7. The first-order valence-electron chi connectivity index (χ1n) is 8.10. The van der Waals surface area contributed by atoms with E-state index in [-0.39, 0.29) is 6.10 Å². The molecule has 0 amide bonds. The van der Waals surface area contributed by atoms with Crippen molar-refractivity contribution in [3.05, 3.63) is 29.8 Å². The maximum Gasteiger partial charge on any atom is 0.124 e. The van der Waals surface area contributed by atoms with Crippen LogP contribution in [0.3, 0.4) is 0 Å². The molecule has 2 rings (SSSR count). The summed E-state index contributed by atoms with van der Waals surface area (Å²) in [5, 5.41) is 3.67. The molecule has 0 saturated heterocycles. The van der Waals surface area contributed by atoms with Crippen molar-refractivity contribution in [1.29, 1.82) is 0 Å². The summed E-state index contributed by atoms with van der Waals surface area (Å²) < 4.78 is 5.88. The average molecular weight is 275 g/mol. The van der Waals surface area contributed by atoms with Gasteiger partial charge in [-0.05, 0) is 44.6 Å². The lowest BCUT2D eigenvalue weighted by molar-refractivity contribution is 0.237. The smallest absolute Gasteiger partial charge is 0.124 e. The fourth-order valence-electron chi connectivity index (χ4n) is 3.26. The zero-order valence-electron chi connectivity index (χ0n) is 13.2. The minimum atomic E-state index is 0.230. The molecular weight excluding hydrogens is 246 g/mol. The van der Waals surface area contributed by atoms with Gasteiger partial charge in [-0.15, -0.1) is 0 Å². The maximum atomic E-state index is 5.88. The molecule has 2 heteroatoms. The Morgan fingerprint density at radius 2 is 1.90 bits per heavy atom. The van der Waals surface area contributed by atoms with Crippen molar-refractivity contribution in [2.75, 3.05) is 6.54 Å². The van der Waals surface area contributed by atoms with Crippen LogP contribution in [0.5, 0.6) is 5.75 Å². The van der Waals surface area contributed by atoms with Gasteiger partial charge in [0, 0.05) is 18.7 Å². The van der Waals surface area contributed by atoms with Gasteiger partial charge >= 0.3 is 0 Å². The topological polar surface area (TPSA) is 21.3 Å². The van der Waals surface area contributed by atoms with Crippen LogP contribution >= 0.6 is 0 Å². The van der Waals surface area contributed by atoms with Gasteiger partial charge in [0.15, 0.2) is 0 Å². The van der Waals surface area contributed by atoms with Crippen LogP contribution in [-0.2, 0) is 6.54 Å². The average Bonchev–Trinajstić information content (AvgIpc) is 2.89. The molecule has 0 aromatic heterocycles. The van der Waals surface area contributed by atoms with Crippen LogP contribution in [0.1, 0.15) is 58.4 Å². The van der Waals surface area contributed by atoms with Crippen LogP contribution < -0.4 is 10.1 Å². The van der Waals surface area contributed by atoms with Gasteiger partial charge in [-0.3, -0.25) is 0 Å². The molecule has 1 N–H and O–H groups in total. The molecule has 0 bridgehead atoms. The van der Waals surface area contributed by atoms with Crippen molar-refractivity contribution in [3.63, 3.8) is 0 Å². The zero-order valence-corrected chi connectivity index (χ0v) is 13.2.